The van der Waals surface area contributed by atoms with Crippen molar-refractivity contribution in [1.29, 1.82) is 0 Å². The Morgan fingerprint density at radius 2 is 1.93 bits per heavy atom. The van der Waals surface area contributed by atoms with E-state index in [0.29, 0.717) is 30.6 Å². The van der Waals surface area contributed by atoms with E-state index in [1.165, 1.54) is 6.08 Å². The molecule has 0 amide bonds. The first-order valence-corrected chi connectivity index (χ1v) is 10.2. The van der Waals surface area contributed by atoms with Crippen molar-refractivity contribution < 1.29 is 24.1 Å². The van der Waals surface area contributed by atoms with Crippen molar-refractivity contribution in [1.82, 2.24) is 0 Å². The second kappa shape index (κ2) is 8.41. The van der Waals surface area contributed by atoms with Crippen LogP contribution in [0.4, 0.5) is 0 Å². The lowest BCUT2D eigenvalue weighted by Gasteiger charge is -2.48. The zero-order valence-electron chi connectivity index (χ0n) is 18.2. The van der Waals surface area contributed by atoms with Crippen LogP contribution in [0.5, 0.6) is 0 Å². The number of ether oxygens (including phenoxy) is 3. The molecule has 28 heavy (non-hydrogen) atoms. The summed E-state index contributed by atoms with van der Waals surface area (Å²) in [7, 11) is 0. The van der Waals surface area contributed by atoms with E-state index in [9.17, 15) is 9.90 Å². The molecule has 156 valence electrons. The van der Waals surface area contributed by atoms with Gasteiger partial charge in [-0.15, -0.1) is 0 Å². The smallest absolute Gasteiger partial charge is 0.331 e. The van der Waals surface area contributed by atoms with Crippen LogP contribution in [0.25, 0.3) is 0 Å². The third-order valence-electron chi connectivity index (χ3n) is 5.61. The molecule has 1 fully saturated rings. The topological polar surface area (TPSA) is 65.0 Å². The van der Waals surface area contributed by atoms with Gasteiger partial charge < -0.3 is 19.3 Å². The lowest BCUT2D eigenvalue weighted by molar-refractivity contribution is -0.182. The molecule has 1 N–H and O–H groups in total. The number of allylic oxidation sites excluding steroid dienone is 1. The van der Waals surface area contributed by atoms with Crippen LogP contribution in [0.2, 0.25) is 0 Å². The summed E-state index contributed by atoms with van der Waals surface area (Å²) in [4.78, 5) is 11.8. The average molecular weight is 391 g/mol. The SMILES string of the molecule is CCC/C(C#CC1(O)C(C)=CC2(CC1(C)C)OC(C)C(C)O2)=C/C(=O)OCC. The van der Waals surface area contributed by atoms with E-state index in [1.807, 2.05) is 47.6 Å². The molecule has 5 nitrogen and oxygen atoms in total. The van der Waals surface area contributed by atoms with Crippen molar-refractivity contribution in [3.05, 3.63) is 23.3 Å². The Balaban J connectivity index is 2.39. The van der Waals surface area contributed by atoms with Gasteiger partial charge in [-0.3, -0.25) is 0 Å². The Morgan fingerprint density at radius 3 is 2.43 bits per heavy atom. The summed E-state index contributed by atoms with van der Waals surface area (Å²) in [6.07, 6.45) is 5.24. The van der Waals surface area contributed by atoms with Gasteiger partial charge in [0.1, 0.15) is 0 Å². The zero-order chi connectivity index (χ0) is 21.2. The van der Waals surface area contributed by atoms with E-state index in [1.54, 1.807) is 6.92 Å². The van der Waals surface area contributed by atoms with Gasteiger partial charge in [0.15, 0.2) is 11.4 Å². The monoisotopic (exact) mass is 390 g/mol. The highest BCUT2D eigenvalue weighted by molar-refractivity contribution is 5.83. The third kappa shape index (κ3) is 4.51. The van der Waals surface area contributed by atoms with Crippen LogP contribution in [-0.4, -0.2) is 41.3 Å². The van der Waals surface area contributed by atoms with E-state index in [4.69, 9.17) is 14.2 Å². The van der Waals surface area contributed by atoms with Crippen LogP contribution in [0, 0.1) is 17.3 Å². The minimum Gasteiger partial charge on any atom is -0.463 e. The van der Waals surface area contributed by atoms with E-state index in [-0.39, 0.29) is 12.2 Å². The third-order valence-corrected chi connectivity index (χ3v) is 5.61. The number of aliphatic hydroxyl groups is 1. The molecule has 1 aliphatic carbocycles. The summed E-state index contributed by atoms with van der Waals surface area (Å²) >= 11 is 0. The standard InChI is InChI=1S/C23H34O5/c1-8-10-19(13-20(24)26-9-2)11-12-23(25)16(3)14-22(15-21(23,6)7)27-17(4)18(5)28-22/h13-14,17-18,25H,8-10,15H2,1-7H3/b19-13-. The van der Waals surface area contributed by atoms with Gasteiger partial charge in [0.25, 0.3) is 0 Å². The first kappa shape index (κ1) is 22.7. The molecular weight excluding hydrogens is 356 g/mol. The molecule has 0 radical (unpaired) electrons. The second-order valence-corrected chi connectivity index (χ2v) is 8.48. The fourth-order valence-electron chi connectivity index (χ4n) is 3.97. The largest absolute Gasteiger partial charge is 0.463 e. The molecule has 0 aromatic heterocycles. The van der Waals surface area contributed by atoms with Crippen molar-refractivity contribution in [3.8, 4) is 11.8 Å². The van der Waals surface area contributed by atoms with Crippen molar-refractivity contribution in [2.24, 2.45) is 5.41 Å². The molecule has 0 aromatic rings. The minimum absolute atomic E-state index is 0.0132. The fraction of sp³-hybridized carbons (Fsp3) is 0.696. The molecule has 3 atom stereocenters. The van der Waals surface area contributed by atoms with Crippen molar-refractivity contribution in [3.63, 3.8) is 0 Å². The first-order valence-electron chi connectivity index (χ1n) is 10.2. The van der Waals surface area contributed by atoms with Crippen molar-refractivity contribution in [2.75, 3.05) is 6.61 Å². The van der Waals surface area contributed by atoms with Gasteiger partial charge in [-0.25, -0.2) is 4.79 Å². The minimum atomic E-state index is -1.35. The second-order valence-electron chi connectivity index (χ2n) is 8.48. The number of hydrogen-bond donors (Lipinski definition) is 1. The van der Waals surface area contributed by atoms with E-state index in [2.05, 4.69) is 11.8 Å². The van der Waals surface area contributed by atoms with Gasteiger partial charge in [0, 0.05) is 23.5 Å². The molecule has 0 saturated carbocycles. The Labute approximate surface area is 169 Å². The number of rotatable bonds is 4. The summed E-state index contributed by atoms with van der Waals surface area (Å²) in [5.74, 6) is 4.86. The highest BCUT2D eigenvalue weighted by atomic mass is 16.8. The van der Waals surface area contributed by atoms with Crippen LogP contribution in [-0.2, 0) is 19.0 Å². The maximum absolute atomic E-state index is 11.8. The molecule has 1 saturated heterocycles. The molecule has 1 aliphatic heterocycles. The summed E-state index contributed by atoms with van der Waals surface area (Å²) in [6, 6.07) is 0. The van der Waals surface area contributed by atoms with Gasteiger partial charge in [-0.2, -0.15) is 0 Å². The van der Waals surface area contributed by atoms with E-state index in [0.717, 1.165) is 6.42 Å². The van der Waals surface area contributed by atoms with Crippen molar-refractivity contribution >= 4 is 5.97 Å². The van der Waals surface area contributed by atoms with Gasteiger partial charge in [0.05, 0.1) is 18.8 Å². The molecule has 0 aromatic carbocycles. The maximum atomic E-state index is 11.8. The number of hydrogen-bond acceptors (Lipinski definition) is 5. The molecule has 1 spiro atoms. The van der Waals surface area contributed by atoms with Crippen LogP contribution in [0.3, 0.4) is 0 Å². The first-order chi connectivity index (χ1) is 13.0. The Morgan fingerprint density at radius 1 is 1.32 bits per heavy atom. The Bertz CT molecular complexity index is 711. The zero-order valence-corrected chi connectivity index (χ0v) is 18.2. The van der Waals surface area contributed by atoms with Crippen LogP contribution >= 0.6 is 0 Å². The Hall–Kier alpha value is -1.61. The number of esters is 1. The molecule has 1 heterocycles. The number of carbonyl (C=O) groups is 1. The summed E-state index contributed by atoms with van der Waals surface area (Å²) in [5.41, 5.74) is -0.593. The lowest BCUT2D eigenvalue weighted by Crippen LogP contribution is -2.53. The Kier molecular flexibility index (Phi) is 6.81. The lowest BCUT2D eigenvalue weighted by atomic mass is 9.63. The normalized spacial score (nSPS) is 34.6. The van der Waals surface area contributed by atoms with E-state index >= 15 is 0 Å². The quantitative estimate of drug-likeness (QED) is 0.341. The van der Waals surface area contributed by atoms with Gasteiger partial charge >= 0.3 is 5.97 Å². The molecule has 2 rings (SSSR count). The maximum Gasteiger partial charge on any atom is 0.331 e. The highest BCUT2D eigenvalue weighted by Crippen LogP contribution is 2.51. The molecule has 5 heteroatoms. The summed E-state index contributed by atoms with van der Waals surface area (Å²) in [6.45, 7) is 13.9. The van der Waals surface area contributed by atoms with Gasteiger partial charge in [-0.1, -0.05) is 39.0 Å². The molecule has 0 bridgehead atoms. The number of carbonyl (C=O) groups excluding carboxylic acids is 1. The predicted molar refractivity (Wildman–Crippen MR) is 108 cm³/mol. The van der Waals surface area contributed by atoms with E-state index < -0.39 is 22.8 Å². The van der Waals surface area contributed by atoms with Crippen molar-refractivity contribution in [2.45, 2.75) is 91.3 Å². The van der Waals surface area contributed by atoms with Gasteiger partial charge in [-0.05, 0) is 45.8 Å². The molecule has 2 aliphatic rings. The molecular formula is C23H34O5. The van der Waals surface area contributed by atoms with Crippen LogP contribution in [0.1, 0.15) is 67.7 Å². The molecule has 3 unspecified atom stereocenters. The average Bonchev–Trinajstić information content (AvgIpc) is 2.84. The fourth-order valence-corrected chi connectivity index (χ4v) is 3.97. The summed E-state index contributed by atoms with van der Waals surface area (Å²) < 4.78 is 17.2. The summed E-state index contributed by atoms with van der Waals surface area (Å²) in [5, 5.41) is 11.5. The predicted octanol–water partition coefficient (Wildman–Crippen LogP) is 3.91. The highest BCUT2D eigenvalue weighted by Gasteiger charge is 2.56. The van der Waals surface area contributed by atoms with Gasteiger partial charge in [0.2, 0.25) is 0 Å². The van der Waals surface area contributed by atoms with Crippen LogP contribution in [0.15, 0.2) is 23.3 Å². The van der Waals surface area contributed by atoms with Crippen LogP contribution < -0.4 is 0 Å².